The van der Waals surface area contributed by atoms with Gasteiger partial charge in [0.05, 0.1) is 12.7 Å². The van der Waals surface area contributed by atoms with Gasteiger partial charge in [-0.3, -0.25) is 0 Å². The summed E-state index contributed by atoms with van der Waals surface area (Å²) in [5.74, 6) is 0.387. The number of rotatable bonds is 7. The van der Waals surface area contributed by atoms with Crippen LogP contribution in [0.25, 0.3) is 0 Å². The Balaban J connectivity index is 2.11. The monoisotopic (exact) mass is 434 g/mol. The van der Waals surface area contributed by atoms with Crippen molar-refractivity contribution < 1.29 is 22.7 Å². The molecule has 0 amide bonds. The average Bonchev–Trinajstić information content (AvgIpc) is 2.88. The van der Waals surface area contributed by atoms with Crippen LogP contribution in [0.1, 0.15) is 29.0 Å². The van der Waals surface area contributed by atoms with Gasteiger partial charge in [0.25, 0.3) is 0 Å². The van der Waals surface area contributed by atoms with Crippen LogP contribution < -0.4 is 9.64 Å². The van der Waals surface area contributed by atoms with Gasteiger partial charge in [-0.15, -0.1) is 0 Å². The van der Waals surface area contributed by atoms with E-state index in [0.29, 0.717) is 43.1 Å². The number of fused-ring (bicyclic) bond motifs is 1. The number of likely N-dealkylation sites (N-methyl/N-ethyl adjacent to an activating group) is 1. The molecule has 0 bridgehead atoms. The summed E-state index contributed by atoms with van der Waals surface area (Å²) in [5.41, 5.74) is 1.25. The van der Waals surface area contributed by atoms with Crippen molar-refractivity contribution >= 4 is 12.0 Å². The number of aldehydes is 1. The largest absolute Gasteiger partial charge is 0.497 e. The molecule has 2 aromatic carbocycles. The van der Waals surface area contributed by atoms with Crippen molar-refractivity contribution in [2.24, 2.45) is 5.92 Å². The van der Waals surface area contributed by atoms with E-state index >= 15 is 0 Å². The van der Waals surface area contributed by atoms with Crippen molar-refractivity contribution in [2.45, 2.75) is 24.9 Å². The number of anilines is 1. The number of carbonyl (C=O) groups excluding carboxylic acids is 1. The predicted molar refractivity (Wildman–Crippen MR) is 116 cm³/mol. The molecule has 0 fully saturated rings. The minimum atomic E-state index is -4.44. The highest BCUT2D eigenvalue weighted by Gasteiger charge is 2.38. The molecule has 0 radical (unpaired) electrons. The van der Waals surface area contributed by atoms with Crippen molar-refractivity contribution in [2.75, 3.05) is 45.7 Å². The molecule has 2 unspecified atom stereocenters. The first-order valence-electron chi connectivity index (χ1n) is 10.4. The summed E-state index contributed by atoms with van der Waals surface area (Å²) in [6.45, 7) is 1.82. The summed E-state index contributed by atoms with van der Waals surface area (Å²) in [5, 5.41) is 0. The van der Waals surface area contributed by atoms with Crippen LogP contribution in [0.2, 0.25) is 0 Å². The van der Waals surface area contributed by atoms with E-state index in [9.17, 15) is 18.0 Å². The molecule has 0 saturated carbocycles. The fourth-order valence-electron chi connectivity index (χ4n) is 4.38. The van der Waals surface area contributed by atoms with E-state index in [2.05, 4.69) is 0 Å². The lowest BCUT2D eigenvalue weighted by Crippen LogP contribution is -2.36. The third-order valence-electron chi connectivity index (χ3n) is 6.01. The normalized spacial score (nSPS) is 19.1. The summed E-state index contributed by atoms with van der Waals surface area (Å²) < 4.78 is 47.0. The molecule has 168 valence electrons. The Bertz CT molecular complexity index is 881. The number of benzene rings is 2. The van der Waals surface area contributed by atoms with Crippen LogP contribution in [0.5, 0.6) is 5.75 Å². The Morgan fingerprint density at radius 1 is 1.16 bits per heavy atom. The lowest BCUT2D eigenvalue weighted by Gasteiger charge is -2.30. The third-order valence-corrected chi connectivity index (χ3v) is 6.01. The van der Waals surface area contributed by atoms with Crippen LogP contribution in [0.3, 0.4) is 0 Å². The van der Waals surface area contributed by atoms with Crippen molar-refractivity contribution in [3.05, 3.63) is 59.2 Å². The van der Waals surface area contributed by atoms with Crippen LogP contribution in [0.15, 0.2) is 42.5 Å². The maximum absolute atomic E-state index is 13.9. The predicted octanol–water partition coefficient (Wildman–Crippen LogP) is 4.63. The number of hydrogen-bond donors (Lipinski definition) is 0. The molecule has 0 aliphatic carbocycles. The second kappa shape index (κ2) is 9.73. The zero-order valence-corrected chi connectivity index (χ0v) is 18.2. The summed E-state index contributed by atoms with van der Waals surface area (Å²) >= 11 is 0. The fraction of sp³-hybridized carbons (Fsp3) is 0.458. The Morgan fingerprint density at radius 2 is 1.87 bits per heavy atom. The molecule has 0 spiro atoms. The second-order valence-electron chi connectivity index (χ2n) is 8.30. The smallest absolute Gasteiger partial charge is 0.416 e. The van der Waals surface area contributed by atoms with Crippen LogP contribution in [0, 0.1) is 5.92 Å². The van der Waals surface area contributed by atoms with Crippen molar-refractivity contribution in [3.63, 3.8) is 0 Å². The highest BCUT2D eigenvalue weighted by molar-refractivity contribution is 5.60. The summed E-state index contributed by atoms with van der Waals surface area (Å²) in [7, 11) is 5.45. The molecule has 7 heteroatoms. The Kier molecular flexibility index (Phi) is 7.26. The van der Waals surface area contributed by atoms with E-state index in [-0.39, 0.29) is 18.3 Å². The summed E-state index contributed by atoms with van der Waals surface area (Å²) in [6.07, 6.45) is -3.03. The lowest BCUT2D eigenvalue weighted by molar-refractivity contribution is -0.138. The molecule has 1 aliphatic rings. The van der Waals surface area contributed by atoms with Gasteiger partial charge in [0.15, 0.2) is 0 Å². The van der Waals surface area contributed by atoms with Gasteiger partial charge in [0.2, 0.25) is 0 Å². The number of halogens is 3. The van der Waals surface area contributed by atoms with Gasteiger partial charge in [-0.2, -0.15) is 13.2 Å². The highest BCUT2D eigenvalue weighted by atomic mass is 19.4. The number of carbonyl (C=O) groups is 1. The van der Waals surface area contributed by atoms with Crippen LogP contribution in [0.4, 0.5) is 18.9 Å². The molecule has 0 N–H and O–H groups in total. The van der Waals surface area contributed by atoms with Crippen LogP contribution >= 0.6 is 0 Å². The minimum Gasteiger partial charge on any atom is -0.497 e. The SMILES string of the molecule is COc1ccc(C2Cc3c(cccc3C(F)(F)F)N(CCN(C)C)CC2CC=O)cc1. The molecular formula is C24H29F3N2O2. The zero-order valence-electron chi connectivity index (χ0n) is 18.2. The standard InChI is InChI=1S/C24H29F3N2O2/c1-28(2)12-13-29-16-18(11-14-30)20(17-7-9-19(31-3)10-8-17)15-21-22(24(25,26)27)5-4-6-23(21)29/h4-10,14,18,20H,11-13,15-16H2,1-3H3. The first kappa shape index (κ1) is 23.1. The van der Waals surface area contributed by atoms with E-state index in [1.54, 1.807) is 13.2 Å². The quantitative estimate of drug-likeness (QED) is 0.595. The molecule has 1 aliphatic heterocycles. The molecule has 4 nitrogen and oxygen atoms in total. The lowest BCUT2D eigenvalue weighted by atomic mass is 9.80. The summed E-state index contributed by atoms with van der Waals surface area (Å²) in [4.78, 5) is 15.5. The van der Waals surface area contributed by atoms with Gasteiger partial charge in [0.1, 0.15) is 12.0 Å². The van der Waals surface area contributed by atoms with Crippen LogP contribution in [-0.4, -0.2) is 52.0 Å². The first-order chi connectivity index (χ1) is 14.7. The van der Waals surface area contributed by atoms with Gasteiger partial charge in [-0.1, -0.05) is 18.2 Å². The van der Waals surface area contributed by atoms with Gasteiger partial charge < -0.3 is 19.3 Å². The molecular weight excluding hydrogens is 405 g/mol. The maximum Gasteiger partial charge on any atom is 0.416 e. The van der Waals surface area contributed by atoms with Gasteiger partial charge in [0, 0.05) is 31.7 Å². The Hall–Kier alpha value is -2.54. The third kappa shape index (κ3) is 5.39. The maximum atomic E-state index is 13.9. The number of methoxy groups -OCH3 is 1. The average molecular weight is 435 g/mol. The minimum absolute atomic E-state index is 0.0958. The topological polar surface area (TPSA) is 32.8 Å². The molecule has 3 rings (SSSR count). The van der Waals surface area contributed by atoms with Crippen molar-refractivity contribution in [3.8, 4) is 5.75 Å². The Labute approximate surface area is 181 Å². The van der Waals surface area contributed by atoms with Gasteiger partial charge in [-0.05, 0) is 67.7 Å². The van der Waals surface area contributed by atoms with Crippen molar-refractivity contribution in [1.82, 2.24) is 4.90 Å². The van der Waals surface area contributed by atoms with E-state index < -0.39 is 11.7 Å². The fourth-order valence-corrected chi connectivity index (χ4v) is 4.38. The van der Waals surface area contributed by atoms with E-state index in [0.717, 1.165) is 17.9 Å². The molecule has 0 saturated heterocycles. The molecule has 31 heavy (non-hydrogen) atoms. The van der Waals surface area contributed by atoms with Gasteiger partial charge in [-0.25, -0.2) is 0 Å². The van der Waals surface area contributed by atoms with E-state index in [1.165, 1.54) is 6.07 Å². The second-order valence-corrected chi connectivity index (χ2v) is 8.30. The number of ether oxygens (including phenoxy) is 1. The molecule has 0 aromatic heterocycles. The summed E-state index contributed by atoms with van der Waals surface area (Å²) in [6, 6.07) is 11.8. The number of alkyl halides is 3. The Morgan fingerprint density at radius 3 is 2.45 bits per heavy atom. The van der Waals surface area contributed by atoms with Crippen molar-refractivity contribution in [1.29, 1.82) is 0 Å². The molecule has 2 atom stereocenters. The molecule has 1 heterocycles. The number of hydrogen-bond acceptors (Lipinski definition) is 4. The first-order valence-corrected chi connectivity index (χ1v) is 10.4. The number of nitrogens with zero attached hydrogens (tertiary/aromatic N) is 2. The molecule has 2 aromatic rings. The van der Waals surface area contributed by atoms with E-state index in [1.807, 2.05) is 48.2 Å². The highest BCUT2D eigenvalue weighted by Crippen LogP contribution is 2.44. The zero-order chi connectivity index (χ0) is 22.6. The van der Waals surface area contributed by atoms with Gasteiger partial charge >= 0.3 is 6.18 Å². The van der Waals surface area contributed by atoms with Crippen LogP contribution in [-0.2, 0) is 17.4 Å². The van der Waals surface area contributed by atoms with E-state index in [4.69, 9.17) is 4.74 Å².